The molecular formula is C17H13NO2S. The topological polar surface area (TPSA) is 61.1 Å². The van der Waals surface area contributed by atoms with E-state index in [1.54, 1.807) is 30.0 Å². The van der Waals surface area contributed by atoms with E-state index >= 15 is 0 Å². The van der Waals surface area contributed by atoms with Crippen molar-refractivity contribution in [1.29, 1.82) is 5.26 Å². The molecule has 0 saturated carbocycles. The third-order valence-electron chi connectivity index (χ3n) is 2.99. The van der Waals surface area contributed by atoms with E-state index in [2.05, 4.69) is 6.07 Å². The molecule has 0 aliphatic carbocycles. The summed E-state index contributed by atoms with van der Waals surface area (Å²) < 4.78 is 0. The summed E-state index contributed by atoms with van der Waals surface area (Å²) in [6, 6.07) is 16.4. The van der Waals surface area contributed by atoms with Crippen LogP contribution in [-0.2, 0) is 0 Å². The normalized spacial score (nSPS) is 11.0. The summed E-state index contributed by atoms with van der Waals surface area (Å²) in [5.41, 5.74) is 2.35. The maximum atomic E-state index is 10.8. The molecule has 1 N–H and O–H groups in total. The number of hydrogen-bond acceptors (Lipinski definition) is 3. The standard InChI is InChI=1S/C17H13NO2S/c1-21-16-8-2-12(3-9-16)10-15(11-18)13-4-6-14(7-5-13)17(19)20/h2-10H,1H3,(H,19,20). The molecule has 2 aromatic carbocycles. The number of nitriles is 1. The Morgan fingerprint density at radius 2 is 1.67 bits per heavy atom. The number of thioether (sulfide) groups is 1. The Morgan fingerprint density at radius 3 is 2.14 bits per heavy atom. The van der Waals surface area contributed by atoms with Crippen LogP contribution in [0.5, 0.6) is 0 Å². The summed E-state index contributed by atoms with van der Waals surface area (Å²) in [7, 11) is 0. The maximum absolute atomic E-state index is 10.8. The van der Waals surface area contributed by atoms with Gasteiger partial charge in [0.25, 0.3) is 0 Å². The zero-order valence-corrected chi connectivity index (χ0v) is 12.2. The van der Waals surface area contributed by atoms with Crippen molar-refractivity contribution >= 4 is 29.4 Å². The van der Waals surface area contributed by atoms with E-state index in [1.807, 2.05) is 30.5 Å². The number of rotatable bonds is 4. The molecule has 3 nitrogen and oxygen atoms in total. The van der Waals surface area contributed by atoms with Gasteiger partial charge in [-0.15, -0.1) is 11.8 Å². The lowest BCUT2D eigenvalue weighted by atomic mass is 10.0. The highest BCUT2D eigenvalue weighted by Gasteiger charge is 2.05. The summed E-state index contributed by atoms with van der Waals surface area (Å²) in [5.74, 6) is -0.975. The number of nitrogens with zero attached hydrogens (tertiary/aromatic N) is 1. The van der Waals surface area contributed by atoms with Crippen LogP contribution in [0.2, 0.25) is 0 Å². The number of carboxylic acids is 1. The average molecular weight is 295 g/mol. The molecule has 104 valence electrons. The van der Waals surface area contributed by atoms with Crippen LogP contribution in [0.3, 0.4) is 0 Å². The molecular weight excluding hydrogens is 282 g/mol. The fraction of sp³-hybridized carbons (Fsp3) is 0.0588. The number of carbonyl (C=O) groups is 1. The van der Waals surface area contributed by atoms with Gasteiger partial charge in [0.2, 0.25) is 0 Å². The minimum atomic E-state index is -0.975. The minimum Gasteiger partial charge on any atom is -0.478 e. The van der Waals surface area contributed by atoms with E-state index in [0.717, 1.165) is 10.5 Å². The second-order valence-corrected chi connectivity index (χ2v) is 5.21. The lowest BCUT2D eigenvalue weighted by Crippen LogP contribution is -1.95. The second kappa shape index (κ2) is 6.78. The van der Waals surface area contributed by atoms with Crippen molar-refractivity contribution in [2.24, 2.45) is 0 Å². The SMILES string of the molecule is CSc1ccc(C=C(C#N)c2ccc(C(=O)O)cc2)cc1. The van der Waals surface area contributed by atoms with Crippen LogP contribution in [0.1, 0.15) is 21.5 Å². The zero-order valence-electron chi connectivity index (χ0n) is 11.4. The van der Waals surface area contributed by atoms with E-state index < -0.39 is 5.97 Å². The molecule has 0 heterocycles. The molecule has 0 unspecified atom stereocenters. The predicted octanol–water partition coefficient (Wildman–Crippen LogP) is 4.17. The molecule has 0 saturated heterocycles. The number of allylic oxidation sites excluding steroid dienone is 1. The van der Waals surface area contributed by atoms with Gasteiger partial charge in [0.15, 0.2) is 0 Å². The molecule has 4 heteroatoms. The largest absolute Gasteiger partial charge is 0.478 e. The van der Waals surface area contributed by atoms with Gasteiger partial charge in [-0.2, -0.15) is 5.26 Å². The number of hydrogen-bond donors (Lipinski definition) is 1. The molecule has 21 heavy (non-hydrogen) atoms. The van der Waals surface area contributed by atoms with Crippen molar-refractivity contribution in [2.75, 3.05) is 6.26 Å². The van der Waals surface area contributed by atoms with Crippen LogP contribution in [0, 0.1) is 11.3 Å². The Hall–Kier alpha value is -2.51. The summed E-state index contributed by atoms with van der Waals surface area (Å²) in [4.78, 5) is 12.0. The smallest absolute Gasteiger partial charge is 0.335 e. The summed E-state index contributed by atoms with van der Waals surface area (Å²) >= 11 is 1.66. The Morgan fingerprint density at radius 1 is 1.10 bits per heavy atom. The third-order valence-corrected chi connectivity index (χ3v) is 3.73. The van der Waals surface area contributed by atoms with Crippen molar-refractivity contribution < 1.29 is 9.90 Å². The molecule has 0 bridgehead atoms. The van der Waals surface area contributed by atoms with Crippen LogP contribution in [0.25, 0.3) is 11.6 Å². The first-order chi connectivity index (χ1) is 10.1. The van der Waals surface area contributed by atoms with Gasteiger partial charge in [-0.3, -0.25) is 0 Å². The lowest BCUT2D eigenvalue weighted by molar-refractivity contribution is 0.0697. The van der Waals surface area contributed by atoms with E-state index in [9.17, 15) is 10.1 Å². The molecule has 2 rings (SSSR count). The van der Waals surface area contributed by atoms with Gasteiger partial charge in [-0.05, 0) is 47.7 Å². The molecule has 0 fully saturated rings. The number of carboxylic acid groups (broad SMARTS) is 1. The molecule has 0 spiro atoms. The van der Waals surface area contributed by atoms with Crippen LogP contribution in [0.4, 0.5) is 0 Å². The highest BCUT2D eigenvalue weighted by molar-refractivity contribution is 7.98. The molecule has 0 radical (unpaired) electrons. The van der Waals surface area contributed by atoms with Gasteiger partial charge in [0, 0.05) is 4.90 Å². The summed E-state index contributed by atoms with van der Waals surface area (Å²) in [5, 5.41) is 18.2. The molecule has 0 atom stereocenters. The first-order valence-electron chi connectivity index (χ1n) is 6.23. The molecule has 0 aliphatic heterocycles. The molecule has 0 aliphatic rings. The van der Waals surface area contributed by atoms with E-state index in [1.165, 1.54) is 12.1 Å². The highest BCUT2D eigenvalue weighted by atomic mass is 32.2. The van der Waals surface area contributed by atoms with Gasteiger partial charge < -0.3 is 5.11 Å². The summed E-state index contributed by atoms with van der Waals surface area (Å²) in [6.07, 6.45) is 3.80. The third kappa shape index (κ3) is 3.74. The molecule has 0 amide bonds. The first-order valence-corrected chi connectivity index (χ1v) is 7.46. The van der Waals surface area contributed by atoms with Crippen molar-refractivity contribution in [2.45, 2.75) is 4.90 Å². The predicted molar refractivity (Wildman–Crippen MR) is 85.1 cm³/mol. The van der Waals surface area contributed by atoms with Gasteiger partial charge >= 0.3 is 5.97 Å². The Kier molecular flexibility index (Phi) is 4.81. The quantitative estimate of drug-likeness (QED) is 0.522. The minimum absolute atomic E-state index is 0.209. The summed E-state index contributed by atoms with van der Waals surface area (Å²) in [6.45, 7) is 0. The van der Waals surface area contributed by atoms with Crippen LogP contribution >= 0.6 is 11.8 Å². The van der Waals surface area contributed by atoms with Crippen LogP contribution in [0.15, 0.2) is 53.4 Å². The maximum Gasteiger partial charge on any atom is 0.335 e. The molecule has 0 aromatic heterocycles. The van der Waals surface area contributed by atoms with Gasteiger partial charge in [-0.25, -0.2) is 4.79 Å². The van der Waals surface area contributed by atoms with Gasteiger partial charge in [-0.1, -0.05) is 24.3 Å². The van der Waals surface area contributed by atoms with E-state index in [-0.39, 0.29) is 5.56 Å². The zero-order chi connectivity index (χ0) is 15.2. The number of aromatic carboxylic acids is 1. The van der Waals surface area contributed by atoms with Crippen LogP contribution in [-0.4, -0.2) is 17.3 Å². The second-order valence-electron chi connectivity index (χ2n) is 4.33. The fourth-order valence-corrected chi connectivity index (χ4v) is 2.25. The van der Waals surface area contributed by atoms with Gasteiger partial charge in [0.1, 0.15) is 0 Å². The van der Waals surface area contributed by atoms with Gasteiger partial charge in [0.05, 0.1) is 17.2 Å². The number of benzene rings is 2. The fourth-order valence-electron chi connectivity index (χ4n) is 1.84. The van der Waals surface area contributed by atoms with Crippen molar-refractivity contribution in [1.82, 2.24) is 0 Å². The Bertz CT molecular complexity index is 710. The van der Waals surface area contributed by atoms with E-state index in [4.69, 9.17) is 5.11 Å². The van der Waals surface area contributed by atoms with Crippen molar-refractivity contribution in [3.05, 3.63) is 65.2 Å². The van der Waals surface area contributed by atoms with Crippen LogP contribution < -0.4 is 0 Å². The lowest BCUT2D eigenvalue weighted by Gasteiger charge is -2.02. The molecule has 2 aromatic rings. The van der Waals surface area contributed by atoms with E-state index in [0.29, 0.717) is 11.1 Å². The monoisotopic (exact) mass is 295 g/mol. The highest BCUT2D eigenvalue weighted by Crippen LogP contribution is 2.20. The first kappa shape index (κ1) is 14.9. The van der Waals surface area contributed by atoms with Crippen molar-refractivity contribution in [3.8, 4) is 6.07 Å². The van der Waals surface area contributed by atoms with Crippen molar-refractivity contribution in [3.63, 3.8) is 0 Å². The average Bonchev–Trinajstić information content (AvgIpc) is 2.53. The Labute approximate surface area is 127 Å². The Balaban J connectivity index is 2.31.